The molecule has 1 fully saturated rings. The third kappa shape index (κ3) is 2.31. The zero-order valence-electron chi connectivity index (χ0n) is 14.9. The largest absolute Gasteiger partial charge is 0.493 e. The first-order valence-electron chi connectivity index (χ1n) is 8.69. The third-order valence-electron chi connectivity index (χ3n) is 5.31. The van der Waals surface area contributed by atoms with Crippen LogP contribution in [0.15, 0.2) is 30.3 Å². The molecule has 0 N–H and O–H groups in total. The monoisotopic (exact) mass is 370 g/mol. The Hall–Kier alpha value is -3.09. The molecule has 2 aromatic carbocycles. The maximum Gasteiger partial charge on any atom is 0.313 e. The molecule has 0 saturated carbocycles. The molecule has 0 amide bonds. The number of hydrogen-bond acceptors (Lipinski definition) is 7. The molecule has 0 aromatic heterocycles. The first kappa shape index (κ1) is 16.1. The Balaban J connectivity index is 1.74. The molecule has 0 aliphatic carbocycles. The number of carbonyl (C=O) groups excluding carboxylic acids is 1. The summed E-state index contributed by atoms with van der Waals surface area (Å²) in [6, 6.07) is 9.34. The van der Waals surface area contributed by atoms with E-state index in [0.717, 1.165) is 11.1 Å². The zero-order valence-corrected chi connectivity index (χ0v) is 14.9. The summed E-state index contributed by atoms with van der Waals surface area (Å²) < 4.78 is 33.5. The van der Waals surface area contributed by atoms with Gasteiger partial charge in [0, 0.05) is 23.1 Å². The molecule has 3 atom stereocenters. The molecule has 3 heterocycles. The summed E-state index contributed by atoms with van der Waals surface area (Å²) in [6.45, 7) is 0.389. The summed E-state index contributed by atoms with van der Waals surface area (Å²) in [5.74, 6) is 2.06. The van der Waals surface area contributed by atoms with Gasteiger partial charge in [-0.05, 0) is 12.1 Å². The lowest BCUT2D eigenvalue weighted by Gasteiger charge is -2.34. The minimum Gasteiger partial charge on any atom is -0.493 e. The van der Waals surface area contributed by atoms with Crippen molar-refractivity contribution < 1.29 is 33.2 Å². The van der Waals surface area contributed by atoms with Crippen LogP contribution in [0, 0.1) is 5.92 Å². The predicted molar refractivity (Wildman–Crippen MR) is 92.8 cm³/mol. The van der Waals surface area contributed by atoms with Gasteiger partial charge < -0.3 is 28.4 Å². The van der Waals surface area contributed by atoms with E-state index in [9.17, 15) is 4.79 Å². The summed E-state index contributed by atoms with van der Waals surface area (Å²) in [6.07, 6.45) is -0.369. The number of methoxy groups -OCH3 is 2. The number of fused-ring (bicyclic) bond motifs is 3. The molecular weight excluding hydrogens is 352 g/mol. The van der Waals surface area contributed by atoms with E-state index in [-0.39, 0.29) is 31.4 Å². The van der Waals surface area contributed by atoms with Crippen LogP contribution < -0.4 is 23.7 Å². The Morgan fingerprint density at radius 2 is 1.78 bits per heavy atom. The second-order valence-electron chi connectivity index (χ2n) is 6.62. The van der Waals surface area contributed by atoms with Crippen LogP contribution >= 0.6 is 0 Å². The minimum atomic E-state index is -0.473. The average Bonchev–Trinajstić information content (AvgIpc) is 3.30. The van der Waals surface area contributed by atoms with Crippen molar-refractivity contribution in [3.05, 3.63) is 41.5 Å². The number of esters is 1. The summed E-state index contributed by atoms with van der Waals surface area (Å²) in [4.78, 5) is 12.6. The quantitative estimate of drug-likeness (QED) is 0.769. The Bertz CT molecular complexity index is 923. The molecule has 5 rings (SSSR count). The summed E-state index contributed by atoms with van der Waals surface area (Å²) in [5, 5.41) is 0. The summed E-state index contributed by atoms with van der Waals surface area (Å²) in [7, 11) is 3.18. The molecule has 2 aromatic rings. The van der Waals surface area contributed by atoms with Crippen LogP contribution in [-0.4, -0.2) is 39.7 Å². The zero-order chi connectivity index (χ0) is 18.5. The number of cyclic esters (lactones) is 1. The number of para-hydroxylation sites is 1. The van der Waals surface area contributed by atoms with Crippen LogP contribution in [0.1, 0.15) is 17.0 Å². The number of carbonyl (C=O) groups is 1. The fourth-order valence-corrected chi connectivity index (χ4v) is 4.13. The van der Waals surface area contributed by atoms with Crippen molar-refractivity contribution in [3.63, 3.8) is 0 Å². The number of hydrogen-bond donors (Lipinski definition) is 0. The van der Waals surface area contributed by atoms with E-state index in [2.05, 4.69) is 0 Å². The van der Waals surface area contributed by atoms with E-state index in [0.29, 0.717) is 28.7 Å². The molecule has 7 heteroatoms. The summed E-state index contributed by atoms with van der Waals surface area (Å²) in [5.41, 5.74) is 1.68. The van der Waals surface area contributed by atoms with Gasteiger partial charge in [0.2, 0.25) is 6.79 Å². The maximum atomic E-state index is 12.6. The summed E-state index contributed by atoms with van der Waals surface area (Å²) >= 11 is 0. The fraction of sp³-hybridized carbons (Fsp3) is 0.350. The molecule has 7 nitrogen and oxygen atoms in total. The van der Waals surface area contributed by atoms with Crippen molar-refractivity contribution in [3.8, 4) is 28.7 Å². The van der Waals surface area contributed by atoms with Crippen LogP contribution in [0.5, 0.6) is 28.7 Å². The van der Waals surface area contributed by atoms with Gasteiger partial charge in [0.25, 0.3) is 0 Å². The smallest absolute Gasteiger partial charge is 0.313 e. The van der Waals surface area contributed by atoms with Crippen LogP contribution in [0.4, 0.5) is 0 Å². The van der Waals surface area contributed by atoms with Crippen molar-refractivity contribution in [2.45, 2.75) is 12.0 Å². The average molecular weight is 370 g/mol. The maximum absolute atomic E-state index is 12.6. The molecule has 140 valence electrons. The number of ether oxygens (including phenoxy) is 6. The van der Waals surface area contributed by atoms with Gasteiger partial charge in [-0.25, -0.2) is 0 Å². The number of rotatable bonds is 3. The lowest BCUT2D eigenvalue weighted by molar-refractivity contribution is -0.141. The van der Waals surface area contributed by atoms with Crippen LogP contribution in [0.2, 0.25) is 0 Å². The van der Waals surface area contributed by atoms with E-state index in [1.165, 1.54) is 0 Å². The Labute approximate surface area is 155 Å². The number of benzene rings is 2. The molecule has 3 aliphatic heterocycles. The van der Waals surface area contributed by atoms with Gasteiger partial charge in [-0.2, -0.15) is 0 Å². The van der Waals surface area contributed by atoms with Crippen molar-refractivity contribution >= 4 is 5.97 Å². The Morgan fingerprint density at radius 3 is 2.56 bits per heavy atom. The van der Waals surface area contributed by atoms with Gasteiger partial charge in [0.1, 0.15) is 24.4 Å². The normalized spacial score (nSPS) is 24.5. The first-order valence-corrected chi connectivity index (χ1v) is 8.69. The highest BCUT2D eigenvalue weighted by molar-refractivity contribution is 5.79. The van der Waals surface area contributed by atoms with Gasteiger partial charge in [0.05, 0.1) is 14.2 Å². The van der Waals surface area contributed by atoms with Gasteiger partial charge in [0.15, 0.2) is 23.0 Å². The van der Waals surface area contributed by atoms with Gasteiger partial charge in [-0.1, -0.05) is 12.1 Å². The van der Waals surface area contributed by atoms with Gasteiger partial charge >= 0.3 is 5.97 Å². The SMILES string of the molecule is COc1cccc([C@H]2c3cc4c(cc3O[C@H]3COC(=O)[C@H]23)OCO4)c1OC. The predicted octanol–water partition coefficient (Wildman–Crippen LogP) is 2.50. The molecule has 1 saturated heterocycles. The Kier molecular flexibility index (Phi) is 3.56. The van der Waals surface area contributed by atoms with E-state index in [4.69, 9.17) is 28.4 Å². The Morgan fingerprint density at radius 1 is 0.963 bits per heavy atom. The highest BCUT2D eigenvalue weighted by Crippen LogP contribution is 2.53. The molecule has 3 aliphatic rings. The highest BCUT2D eigenvalue weighted by atomic mass is 16.7. The second kappa shape index (κ2) is 5.97. The van der Waals surface area contributed by atoms with E-state index in [1.54, 1.807) is 14.2 Å². The molecule has 0 bridgehead atoms. The van der Waals surface area contributed by atoms with E-state index < -0.39 is 5.92 Å². The van der Waals surface area contributed by atoms with Crippen molar-refractivity contribution in [1.82, 2.24) is 0 Å². The van der Waals surface area contributed by atoms with Crippen LogP contribution in [0.3, 0.4) is 0 Å². The van der Waals surface area contributed by atoms with E-state index in [1.807, 2.05) is 30.3 Å². The van der Waals surface area contributed by atoms with Crippen LogP contribution in [-0.2, 0) is 9.53 Å². The molecule has 0 unspecified atom stereocenters. The standard InChI is InChI=1S/C20H18O7/c1-22-12-5-3-4-10(19(12)23-2)17-11-6-14-15(26-9-25-14)7-13(11)27-16-8-24-20(21)18(16)17/h3-7,16-18H,8-9H2,1-2H3/t16-,17-,18-/m0/s1. The van der Waals surface area contributed by atoms with Crippen LogP contribution in [0.25, 0.3) is 0 Å². The minimum absolute atomic E-state index is 0.167. The third-order valence-corrected chi connectivity index (χ3v) is 5.31. The van der Waals surface area contributed by atoms with Crippen molar-refractivity contribution in [2.24, 2.45) is 5.92 Å². The van der Waals surface area contributed by atoms with E-state index >= 15 is 0 Å². The molecule has 0 spiro atoms. The van der Waals surface area contributed by atoms with Gasteiger partial charge in [-0.3, -0.25) is 4.79 Å². The first-order chi connectivity index (χ1) is 13.2. The lowest BCUT2D eigenvalue weighted by Crippen LogP contribution is -2.37. The molecule has 0 radical (unpaired) electrons. The lowest BCUT2D eigenvalue weighted by atomic mass is 9.76. The second-order valence-corrected chi connectivity index (χ2v) is 6.62. The van der Waals surface area contributed by atoms with Crippen molar-refractivity contribution in [1.29, 1.82) is 0 Å². The topological polar surface area (TPSA) is 72.5 Å². The fourth-order valence-electron chi connectivity index (χ4n) is 4.13. The highest BCUT2D eigenvalue weighted by Gasteiger charge is 2.50. The van der Waals surface area contributed by atoms with Crippen molar-refractivity contribution in [2.75, 3.05) is 27.6 Å². The molecular formula is C20H18O7. The molecule has 27 heavy (non-hydrogen) atoms. The van der Waals surface area contributed by atoms with Gasteiger partial charge in [-0.15, -0.1) is 0 Å².